The van der Waals surface area contributed by atoms with Crippen molar-refractivity contribution >= 4 is 16.6 Å². The van der Waals surface area contributed by atoms with Gasteiger partial charge in [-0.15, -0.1) is 0 Å². The molecule has 128 valence electrons. The van der Waals surface area contributed by atoms with Gasteiger partial charge in [-0.25, -0.2) is 0 Å². The molecule has 2 aromatic rings. The number of likely N-dealkylation sites (tertiary alicyclic amines) is 1. The van der Waals surface area contributed by atoms with Gasteiger partial charge >= 0.3 is 0 Å². The zero-order chi connectivity index (χ0) is 17.4. The van der Waals surface area contributed by atoms with E-state index in [1.807, 2.05) is 36.4 Å². The number of hydrogen-bond donors (Lipinski definition) is 0. The quantitative estimate of drug-likeness (QED) is 0.786. The van der Waals surface area contributed by atoms with E-state index in [0.717, 1.165) is 54.1 Å². The van der Waals surface area contributed by atoms with Gasteiger partial charge in [0.2, 0.25) is 0 Å². The van der Waals surface area contributed by atoms with Crippen LogP contribution in [0.15, 0.2) is 36.4 Å². The number of rotatable bonds is 4. The predicted molar refractivity (Wildman–Crippen MR) is 99.4 cm³/mol. The Morgan fingerprint density at radius 2 is 2.00 bits per heavy atom. The molecule has 1 aliphatic heterocycles. The summed E-state index contributed by atoms with van der Waals surface area (Å²) in [5.74, 6) is 2.12. The summed E-state index contributed by atoms with van der Waals surface area (Å²) in [4.78, 5) is 15.5. The molecule has 3 atom stereocenters. The number of carbonyl (C=O) groups excluding carboxylic acids is 1. The summed E-state index contributed by atoms with van der Waals surface area (Å²) in [7, 11) is 0. The van der Waals surface area contributed by atoms with E-state index in [0.29, 0.717) is 5.56 Å². The Morgan fingerprint density at radius 1 is 1.24 bits per heavy atom. The lowest BCUT2D eigenvalue weighted by atomic mass is 9.89. The van der Waals surface area contributed by atoms with Crippen LogP contribution >= 0.6 is 0 Å². The number of carbonyl (C=O) groups is 1. The van der Waals surface area contributed by atoms with Crippen molar-refractivity contribution in [2.75, 3.05) is 19.6 Å². The van der Waals surface area contributed by atoms with Crippen LogP contribution in [0.2, 0.25) is 0 Å². The van der Waals surface area contributed by atoms with Gasteiger partial charge in [0, 0.05) is 24.6 Å². The largest absolute Gasteiger partial charge is 0.302 e. The molecule has 0 N–H and O–H groups in total. The highest BCUT2D eigenvalue weighted by molar-refractivity contribution is 6.01. The third-order valence-electron chi connectivity index (χ3n) is 5.90. The van der Waals surface area contributed by atoms with Crippen molar-refractivity contribution in [3.8, 4) is 6.07 Å². The molecule has 25 heavy (non-hydrogen) atoms. The number of nitriles is 1. The SMILES string of the molecule is CC1CC1CN1CCCC(C(=O)c2ccc3cc(C#N)ccc3c2)C1. The van der Waals surface area contributed by atoms with Crippen LogP contribution in [-0.2, 0) is 0 Å². The van der Waals surface area contributed by atoms with Crippen molar-refractivity contribution in [3.05, 3.63) is 47.5 Å². The van der Waals surface area contributed by atoms with Gasteiger partial charge in [0.1, 0.15) is 0 Å². The lowest BCUT2D eigenvalue weighted by molar-refractivity contribution is 0.0813. The molecule has 1 heterocycles. The maximum Gasteiger partial charge on any atom is 0.167 e. The first-order valence-corrected chi connectivity index (χ1v) is 9.34. The molecule has 1 aliphatic carbocycles. The lowest BCUT2D eigenvalue weighted by Gasteiger charge is -2.32. The first-order chi connectivity index (χ1) is 12.1. The predicted octanol–water partition coefficient (Wildman–Crippen LogP) is 4.26. The first kappa shape index (κ1) is 16.3. The van der Waals surface area contributed by atoms with Crippen LogP contribution in [0.1, 0.15) is 42.1 Å². The molecule has 3 nitrogen and oxygen atoms in total. The van der Waals surface area contributed by atoms with E-state index in [2.05, 4.69) is 17.9 Å². The van der Waals surface area contributed by atoms with E-state index in [9.17, 15) is 4.79 Å². The Morgan fingerprint density at radius 3 is 2.76 bits per heavy atom. The van der Waals surface area contributed by atoms with Crippen molar-refractivity contribution in [1.29, 1.82) is 5.26 Å². The fourth-order valence-electron chi connectivity index (χ4n) is 4.12. The topological polar surface area (TPSA) is 44.1 Å². The van der Waals surface area contributed by atoms with Crippen LogP contribution in [0, 0.1) is 29.1 Å². The standard InChI is InChI=1S/C22H24N2O/c1-15-9-21(15)14-24-8-2-3-20(13-24)22(25)19-7-6-17-10-16(12-23)4-5-18(17)11-19/h4-7,10-11,15,20-21H,2-3,8-9,13-14H2,1H3. The average molecular weight is 332 g/mol. The van der Waals surface area contributed by atoms with E-state index >= 15 is 0 Å². The summed E-state index contributed by atoms with van der Waals surface area (Å²) < 4.78 is 0. The maximum absolute atomic E-state index is 13.0. The number of ketones is 1. The summed E-state index contributed by atoms with van der Waals surface area (Å²) in [6.07, 6.45) is 3.47. The van der Waals surface area contributed by atoms with Gasteiger partial charge in [-0.2, -0.15) is 5.26 Å². The monoisotopic (exact) mass is 332 g/mol. The molecule has 0 radical (unpaired) electrons. The molecule has 3 heteroatoms. The smallest absolute Gasteiger partial charge is 0.167 e. The summed E-state index contributed by atoms with van der Waals surface area (Å²) >= 11 is 0. The summed E-state index contributed by atoms with van der Waals surface area (Å²) in [6, 6.07) is 13.7. The minimum absolute atomic E-state index is 0.124. The highest BCUT2D eigenvalue weighted by Gasteiger charge is 2.36. The minimum Gasteiger partial charge on any atom is -0.302 e. The van der Waals surface area contributed by atoms with Gasteiger partial charge in [0.15, 0.2) is 5.78 Å². The van der Waals surface area contributed by atoms with E-state index in [4.69, 9.17) is 5.26 Å². The zero-order valence-electron chi connectivity index (χ0n) is 14.7. The average Bonchev–Trinajstić information content (AvgIpc) is 3.34. The van der Waals surface area contributed by atoms with Crippen molar-refractivity contribution in [3.63, 3.8) is 0 Å². The van der Waals surface area contributed by atoms with E-state index < -0.39 is 0 Å². The molecule has 1 saturated heterocycles. The highest BCUT2D eigenvalue weighted by Crippen LogP contribution is 2.39. The van der Waals surface area contributed by atoms with Gasteiger partial charge in [-0.05, 0) is 66.6 Å². The van der Waals surface area contributed by atoms with Gasteiger partial charge in [0.25, 0.3) is 0 Å². The van der Waals surface area contributed by atoms with Crippen molar-refractivity contribution < 1.29 is 4.79 Å². The number of piperidine rings is 1. The Hall–Kier alpha value is -2.18. The summed E-state index contributed by atoms with van der Waals surface area (Å²) in [5, 5.41) is 11.1. The number of nitrogens with zero attached hydrogens (tertiary/aromatic N) is 2. The summed E-state index contributed by atoms with van der Waals surface area (Å²) in [6.45, 7) is 5.54. The number of benzene rings is 2. The molecule has 2 aromatic carbocycles. The molecular weight excluding hydrogens is 308 g/mol. The van der Waals surface area contributed by atoms with E-state index in [1.165, 1.54) is 13.0 Å². The normalized spacial score (nSPS) is 26.3. The second-order valence-corrected chi connectivity index (χ2v) is 7.82. The minimum atomic E-state index is 0.124. The molecule has 0 spiro atoms. The molecule has 0 bridgehead atoms. The lowest BCUT2D eigenvalue weighted by Crippen LogP contribution is -2.39. The Kier molecular flexibility index (Phi) is 4.31. The molecular formula is C22H24N2O. The third-order valence-corrected chi connectivity index (χ3v) is 5.90. The van der Waals surface area contributed by atoms with Crippen LogP contribution in [0.25, 0.3) is 10.8 Å². The molecule has 0 amide bonds. The van der Waals surface area contributed by atoms with Gasteiger partial charge in [-0.3, -0.25) is 4.79 Å². The van der Waals surface area contributed by atoms with Gasteiger partial charge in [-0.1, -0.05) is 25.1 Å². The van der Waals surface area contributed by atoms with E-state index in [-0.39, 0.29) is 11.7 Å². The fraction of sp³-hybridized carbons (Fsp3) is 0.455. The van der Waals surface area contributed by atoms with Crippen molar-refractivity contribution in [2.45, 2.75) is 26.2 Å². The van der Waals surface area contributed by atoms with Crippen LogP contribution in [0.4, 0.5) is 0 Å². The second kappa shape index (κ2) is 6.61. The Bertz CT molecular complexity index is 851. The van der Waals surface area contributed by atoms with Crippen molar-refractivity contribution in [1.82, 2.24) is 4.90 Å². The van der Waals surface area contributed by atoms with Crippen LogP contribution in [0.3, 0.4) is 0 Å². The van der Waals surface area contributed by atoms with Crippen LogP contribution in [0.5, 0.6) is 0 Å². The highest BCUT2D eigenvalue weighted by atomic mass is 16.1. The number of hydrogen-bond acceptors (Lipinski definition) is 3. The Balaban J connectivity index is 1.49. The molecule has 2 aliphatic rings. The summed E-state index contributed by atoms with van der Waals surface area (Å²) in [5.41, 5.74) is 1.47. The van der Waals surface area contributed by atoms with Crippen molar-refractivity contribution in [2.24, 2.45) is 17.8 Å². The molecule has 2 fully saturated rings. The fourth-order valence-corrected chi connectivity index (χ4v) is 4.12. The number of fused-ring (bicyclic) bond motifs is 1. The van der Waals surface area contributed by atoms with E-state index in [1.54, 1.807) is 0 Å². The molecule has 0 aromatic heterocycles. The first-order valence-electron chi connectivity index (χ1n) is 9.34. The van der Waals surface area contributed by atoms with Gasteiger partial charge < -0.3 is 4.90 Å². The zero-order valence-corrected chi connectivity index (χ0v) is 14.7. The van der Waals surface area contributed by atoms with Crippen LogP contribution < -0.4 is 0 Å². The molecule has 4 rings (SSSR count). The van der Waals surface area contributed by atoms with Gasteiger partial charge in [0.05, 0.1) is 11.6 Å². The second-order valence-electron chi connectivity index (χ2n) is 7.82. The number of Topliss-reactive ketones (excluding diaryl/α,β-unsaturated/α-hetero) is 1. The maximum atomic E-state index is 13.0. The molecule has 3 unspecified atom stereocenters. The Labute approximate surface area is 149 Å². The third kappa shape index (κ3) is 3.45. The molecule has 1 saturated carbocycles. The van der Waals surface area contributed by atoms with Crippen LogP contribution in [-0.4, -0.2) is 30.3 Å².